The van der Waals surface area contributed by atoms with Crippen LogP contribution in [-0.4, -0.2) is 26.7 Å². The average Bonchev–Trinajstić information content (AvgIpc) is 3.04. The normalized spacial score (nSPS) is 20.8. The third-order valence-corrected chi connectivity index (χ3v) is 6.06. The first-order valence-electron chi connectivity index (χ1n) is 8.62. The van der Waals surface area contributed by atoms with E-state index in [1.165, 1.54) is 10.4 Å². The monoisotopic (exact) mass is 337 g/mol. The minimum absolute atomic E-state index is 0.149. The fourth-order valence-corrected chi connectivity index (χ4v) is 4.46. The minimum atomic E-state index is 0.149. The predicted molar refractivity (Wildman–Crippen MR) is 94.9 cm³/mol. The summed E-state index contributed by atoms with van der Waals surface area (Å²) in [6.45, 7) is 0.881. The second-order valence-corrected chi connectivity index (χ2v) is 7.73. The second-order valence-electron chi connectivity index (χ2n) is 6.78. The Labute approximate surface area is 144 Å². The molecule has 0 radical (unpaired) electrons. The SMILES string of the molecule is O=C(C1CC1)N1CCC[C@@H]1c1ncn2cc(-c3cccs3)ccc12. The first kappa shape index (κ1) is 14.2. The highest BCUT2D eigenvalue weighted by molar-refractivity contribution is 7.13. The van der Waals surface area contributed by atoms with Crippen LogP contribution in [0.4, 0.5) is 0 Å². The Hall–Kier alpha value is -2.14. The highest BCUT2D eigenvalue weighted by atomic mass is 32.1. The summed E-state index contributed by atoms with van der Waals surface area (Å²) in [7, 11) is 0. The molecule has 2 aliphatic rings. The maximum Gasteiger partial charge on any atom is 0.226 e. The fourth-order valence-electron chi connectivity index (χ4n) is 3.75. The number of rotatable bonds is 3. The van der Waals surface area contributed by atoms with Crippen LogP contribution in [0.2, 0.25) is 0 Å². The van der Waals surface area contributed by atoms with Crippen molar-refractivity contribution in [3.8, 4) is 10.4 Å². The predicted octanol–water partition coefficient (Wildman–Crippen LogP) is 4.14. The molecule has 0 aromatic carbocycles. The van der Waals surface area contributed by atoms with E-state index in [0.29, 0.717) is 5.91 Å². The molecule has 0 spiro atoms. The lowest BCUT2D eigenvalue weighted by Gasteiger charge is -2.23. The number of hydrogen-bond acceptors (Lipinski definition) is 3. The molecule has 122 valence electrons. The lowest BCUT2D eigenvalue weighted by atomic mass is 10.1. The van der Waals surface area contributed by atoms with Gasteiger partial charge < -0.3 is 9.30 Å². The number of carbonyl (C=O) groups excluding carboxylic acids is 1. The largest absolute Gasteiger partial charge is 0.334 e. The van der Waals surface area contributed by atoms with E-state index in [4.69, 9.17) is 0 Å². The first-order valence-corrected chi connectivity index (χ1v) is 9.50. The van der Waals surface area contributed by atoms with Gasteiger partial charge in [0.1, 0.15) is 0 Å². The Balaban J connectivity index is 1.51. The van der Waals surface area contributed by atoms with Crippen LogP contribution in [-0.2, 0) is 4.79 Å². The van der Waals surface area contributed by atoms with Gasteiger partial charge in [0.15, 0.2) is 0 Å². The summed E-state index contributed by atoms with van der Waals surface area (Å²) in [6.07, 6.45) is 8.26. The van der Waals surface area contributed by atoms with Crippen LogP contribution in [0.1, 0.15) is 37.4 Å². The van der Waals surface area contributed by atoms with E-state index >= 15 is 0 Å². The molecule has 0 unspecified atom stereocenters. The molecule has 4 nitrogen and oxygen atoms in total. The third kappa shape index (κ3) is 2.26. The van der Waals surface area contributed by atoms with E-state index < -0.39 is 0 Å². The van der Waals surface area contributed by atoms with Crippen LogP contribution in [0.25, 0.3) is 16.0 Å². The molecule has 3 aromatic rings. The molecule has 5 heteroatoms. The molecule has 1 aliphatic heterocycles. The number of aromatic nitrogens is 2. The van der Waals surface area contributed by atoms with Crippen molar-refractivity contribution in [1.82, 2.24) is 14.3 Å². The number of pyridine rings is 1. The second kappa shape index (κ2) is 5.45. The Morgan fingerprint density at radius 1 is 1.21 bits per heavy atom. The molecule has 1 atom stereocenters. The van der Waals surface area contributed by atoms with Gasteiger partial charge in [0.25, 0.3) is 0 Å². The standard InChI is InChI=1S/C19H19N3OS/c23-19(13-5-6-13)22-9-1-3-16(22)18-15-8-7-14(11-21(15)12-20-18)17-4-2-10-24-17/h2,4,7-8,10-13,16H,1,3,5-6,9H2/t16-/m1/s1. The zero-order chi connectivity index (χ0) is 16.1. The van der Waals surface area contributed by atoms with Crippen molar-refractivity contribution in [1.29, 1.82) is 0 Å². The minimum Gasteiger partial charge on any atom is -0.334 e. The molecule has 0 bridgehead atoms. The van der Waals surface area contributed by atoms with Gasteiger partial charge in [-0.05, 0) is 49.3 Å². The molecule has 0 N–H and O–H groups in total. The molecular formula is C19H19N3OS. The number of imidazole rings is 1. The van der Waals surface area contributed by atoms with Gasteiger partial charge >= 0.3 is 0 Å². The number of thiophene rings is 1. The highest BCUT2D eigenvalue weighted by Gasteiger charge is 2.39. The lowest BCUT2D eigenvalue weighted by Crippen LogP contribution is -2.31. The maximum atomic E-state index is 12.6. The topological polar surface area (TPSA) is 37.6 Å². The molecule has 24 heavy (non-hydrogen) atoms. The molecule has 1 saturated heterocycles. The van der Waals surface area contributed by atoms with Gasteiger partial charge in [-0.25, -0.2) is 4.98 Å². The molecule has 4 heterocycles. The zero-order valence-corrected chi connectivity index (χ0v) is 14.2. The molecular weight excluding hydrogens is 318 g/mol. The Bertz CT molecular complexity index is 895. The van der Waals surface area contributed by atoms with Crippen molar-refractivity contribution in [3.63, 3.8) is 0 Å². The van der Waals surface area contributed by atoms with E-state index in [2.05, 4.69) is 50.1 Å². The average molecular weight is 337 g/mol. The molecule has 2 fully saturated rings. The molecule has 1 saturated carbocycles. The zero-order valence-electron chi connectivity index (χ0n) is 13.4. The van der Waals surface area contributed by atoms with Crippen LogP contribution < -0.4 is 0 Å². The van der Waals surface area contributed by atoms with Crippen LogP contribution in [0.15, 0.2) is 42.2 Å². The summed E-state index contributed by atoms with van der Waals surface area (Å²) < 4.78 is 2.10. The van der Waals surface area contributed by atoms with Gasteiger partial charge in [0.2, 0.25) is 5.91 Å². The van der Waals surface area contributed by atoms with Crippen molar-refractivity contribution in [2.75, 3.05) is 6.54 Å². The van der Waals surface area contributed by atoms with Crippen molar-refractivity contribution in [2.45, 2.75) is 31.7 Å². The lowest BCUT2D eigenvalue weighted by molar-refractivity contribution is -0.133. The van der Waals surface area contributed by atoms with E-state index in [1.54, 1.807) is 11.3 Å². The van der Waals surface area contributed by atoms with Gasteiger partial charge in [-0.2, -0.15) is 0 Å². The van der Waals surface area contributed by atoms with E-state index in [0.717, 1.165) is 43.4 Å². The summed E-state index contributed by atoms with van der Waals surface area (Å²) >= 11 is 1.74. The molecule has 1 aliphatic carbocycles. The van der Waals surface area contributed by atoms with E-state index in [9.17, 15) is 4.79 Å². The first-order chi connectivity index (χ1) is 11.8. The van der Waals surface area contributed by atoms with E-state index in [1.807, 2.05) is 6.33 Å². The van der Waals surface area contributed by atoms with Gasteiger partial charge in [-0.1, -0.05) is 6.07 Å². The van der Waals surface area contributed by atoms with Crippen molar-refractivity contribution in [2.24, 2.45) is 5.92 Å². The number of fused-ring (bicyclic) bond motifs is 1. The molecule has 3 aromatic heterocycles. The quantitative estimate of drug-likeness (QED) is 0.720. The van der Waals surface area contributed by atoms with Crippen molar-refractivity contribution >= 4 is 22.8 Å². The fraction of sp³-hybridized carbons (Fsp3) is 0.368. The molecule has 5 rings (SSSR count). The van der Waals surface area contributed by atoms with Gasteiger partial charge in [-0.15, -0.1) is 11.3 Å². The van der Waals surface area contributed by atoms with Crippen molar-refractivity contribution in [3.05, 3.63) is 47.9 Å². The number of nitrogens with zero attached hydrogens (tertiary/aromatic N) is 3. The number of hydrogen-bond donors (Lipinski definition) is 0. The Kier molecular flexibility index (Phi) is 3.23. The van der Waals surface area contributed by atoms with Crippen molar-refractivity contribution < 1.29 is 4.79 Å². The van der Waals surface area contributed by atoms with E-state index in [-0.39, 0.29) is 12.0 Å². The number of likely N-dealkylation sites (tertiary alicyclic amines) is 1. The smallest absolute Gasteiger partial charge is 0.226 e. The molecule has 1 amide bonds. The number of amides is 1. The van der Waals surface area contributed by atoms with Crippen LogP contribution in [0.5, 0.6) is 0 Å². The Morgan fingerprint density at radius 3 is 2.92 bits per heavy atom. The summed E-state index contributed by atoms with van der Waals surface area (Å²) in [6, 6.07) is 8.67. The highest BCUT2D eigenvalue weighted by Crippen LogP contribution is 2.39. The summed E-state index contributed by atoms with van der Waals surface area (Å²) in [5.74, 6) is 0.624. The summed E-state index contributed by atoms with van der Waals surface area (Å²) in [4.78, 5) is 20.6. The number of carbonyl (C=O) groups is 1. The van der Waals surface area contributed by atoms with Crippen LogP contribution in [0, 0.1) is 5.92 Å². The van der Waals surface area contributed by atoms with Gasteiger partial charge in [-0.3, -0.25) is 4.79 Å². The van der Waals surface area contributed by atoms with Gasteiger partial charge in [0.05, 0.1) is 23.6 Å². The summed E-state index contributed by atoms with van der Waals surface area (Å²) in [5, 5.41) is 2.10. The van der Waals surface area contributed by atoms with Crippen LogP contribution >= 0.6 is 11.3 Å². The third-order valence-electron chi connectivity index (χ3n) is 5.14. The maximum absolute atomic E-state index is 12.6. The van der Waals surface area contributed by atoms with Gasteiger partial charge in [0, 0.05) is 29.1 Å². The Morgan fingerprint density at radius 2 is 2.12 bits per heavy atom. The van der Waals surface area contributed by atoms with Crippen LogP contribution in [0.3, 0.4) is 0 Å². The summed E-state index contributed by atoms with van der Waals surface area (Å²) in [5.41, 5.74) is 3.38.